The van der Waals surface area contributed by atoms with Crippen LogP contribution < -0.4 is 11.0 Å². The van der Waals surface area contributed by atoms with Gasteiger partial charge in [-0.05, 0) is 63.4 Å². The number of hydrogen-bond donors (Lipinski definition) is 1. The van der Waals surface area contributed by atoms with E-state index in [2.05, 4.69) is 29.0 Å². The Morgan fingerprint density at radius 3 is 2.71 bits per heavy atom. The number of carbonyl (C=O) groups is 1. The molecule has 0 fully saturated rings. The Kier molecular flexibility index (Phi) is 8.58. The number of amides is 1. The van der Waals surface area contributed by atoms with E-state index in [4.69, 9.17) is 11.6 Å². The van der Waals surface area contributed by atoms with E-state index < -0.39 is 0 Å². The molecule has 3 rings (SSSR count). The molecular formula is C23H31ClN4O2S. The molecule has 0 bridgehead atoms. The van der Waals surface area contributed by atoms with E-state index in [0.717, 1.165) is 62.1 Å². The zero-order chi connectivity index (χ0) is 22.4. The number of hydrogen-bond acceptors (Lipinski definition) is 5. The summed E-state index contributed by atoms with van der Waals surface area (Å²) in [6.45, 7) is 9.63. The van der Waals surface area contributed by atoms with Gasteiger partial charge in [-0.3, -0.25) is 9.36 Å². The lowest BCUT2D eigenvalue weighted by atomic mass is 9.97. The smallest absolute Gasteiger partial charge is 0.325 e. The van der Waals surface area contributed by atoms with E-state index in [0.29, 0.717) is 22.3 Å². The van der Waals surface area contributed by atoms with Crippen molar-refractivity contribution in [3.8, 4) is 0 Å². The number of nitrogens with zero attached hydrogens (tertiary/aromatic N) is 3. The lowest BCUT2D eigenvalue weighted by Gasteiger charge is -2.24. The van der Waals surface area contributed by atoms with Crippen LogP contribution in [0.15, 0.2) is 28.0 Å². The molecule has 1 aliphatic carbocycles. The molecule has 0 saturated heterocycles. The molecule has 1 aromatic carbocycles. The zero-order valence-electron chi connectivity index (χ0n) is 18.5. The van der Waals surface area contributed by atoms with Gasteiger partial charge in [-0.25, -0.2) is 4.79 Å². The van der Waals surface area contributed by atoms with Crippen molar-refractivity contribution >= 4 is 35.0 Å². The highest BCUT2D eigenvalue weighted by atomic mass is 35.5. The molecule has 1 N–H and O–H groups in total. The summed E-state index contributed by atoms with van der Waals surface area (Å²) in [5.74, 6) is 0.0652. The van der Waals surface area contributed by atoms with Crippen molar-refractivity contribution in [2.45, 2.75) is 58.0 Å². The van der Waals surface area contributed by atoms with Crippen molar-refractivity contribution in [2.75, 3.05) is 30.7 Å². The lowest BCUT2D eigenvalue weighted by Crippen LogP contribution is -2.35. The highest BCUT2D eigenvalue weighted by molar-refractivity contribution is 8.00. The summed E-state index contributed by atoms with van der Waals surface area (Å²) in [6.07, 6.45) is 3.98. The van der Waals surface area contributed by atoms with Gasteiger partial charge in [0.1, 0.15) is 5.03 Å². The molecule has 8 heteroatoms. The summed E-state index contributed by atoms with van der Waals surface area (Å²) in [7, 11) is 0. The monoisotopic (exact) mass is 462 g/mol. The average molecular weight is 463 g/mol. The summed E-state index contributed by atoms with van der Waals surface area (Å²) >= 11 is 7.49. The molecule has 0 saturated carbocycles. The Hall–Kier alpha value is -1.83. The molecule has 168 valence electrons. The second kappa shape index (κ2) is 11.2. The van der Waals surface area contributed by atoms with Crippen LogP contribution in [0.25, 0.3) is 0 Å². The predicted molar refractivity (Wildman–Crippen MR) is 128 cm³/mol. The summed E-state index contributed by atoms with van der Waals surface area (Å²) in [5.41, 5.74) is 3.67. The number of halogens is 1. The van der Waals surface area contributed by atoms with Crippen LogP contribution in [0.3, 0.4) is 0 Å². The van der Waals surface area contributed by atoms with E-state index in [1.54, 1.807) is 6.07 Å². The Balaban J connectivity index is 1.72. The molecule has 1 heterocycles. The molecule has 6 nitrogen and oxygen atoms in total. The van der Waals surface area contributed by atoms with Crippen LogP contribution in [-0.2, 0) is 24.2 Å². The summed E-state index contributed by atoms with van der Waals surface area (Å²) in [6, 6.07) is 5.46. The third-order valence-corrected chi connectivity index (χ3v) is 7.21. The van der Waals surface area contributed by atoms with E-state index >= 15 is 0 Å². The van der Waals surface area contributed by atoms with Crippen molar-refractivity contribution in [1.82, 2.24) is 14.5 Å². The number of carbonyl (C=O) groups excluding carboxylic acids is 1. The fourth-order valence-electron chi connectivity index (χ4n) is 3.88. The van der Waals surface area contributed by atoms with Crippen molar-refractivity contribution in [1.29, 1.82) is 0 Å². The van der Waals surface area contributed by atoms with Crippen LogP contribution >= 0.6 is 23.4 Å². The van der Waals surface area contributed by atoms with Crippen LogP contribution in [0.2, 0.25) is 5.02 Å². The van der Waals surface area contributed by atoms with Crippen molar-refractivity contribution in [2.24, 2.45) is 0 Å². The Bertz CT molecular complexity index is 988. The van der Waals surface area contributed by atoms with Gasteiger partial charge in [-0.1, -0.05) is 43.3 Å². The number of fused-ring (bicyclic) bond motifs is 1. The van der Waals surface area contributed by atoms with Gasteiger partial charge < -0.3 is 10.2 Å². The van der Waals surface area contributed by atoms with Gasteiger partial charge in [-0.15, -0.1) is 0 Å². The van der Waals surface area contributed by atoms with Crippen LogP contribution in [0.1, 0.15) is 43.5 Å². The molecule has 1 amide bonds. The SMILES string of the molecule is CCN(CC)CCn1c2c(c(SCC(=O)Nc3ccc(C)c(Cl)c3)nc1=O)CCCC2. The first kappa shape index (κ1) is 23.8. The van der Waals surface area contributed by atoms with Crippen molar-refractivity contribution in [3.63, 3.8) is 0 Å². The molecule has 0 radical (unpaired) electrons. The van der Waals surface area contributed by atoms with Gasteiger partial charge in [0, 0.05) is 35.1 Å². The fraction of sp³-hybridized carbons (Fsp3) is 0.522. The first-order valence-electron chi connectivity index (χ1n) is 11.0. The topological polar surface area (TPSA) is 67.2 Å². The molecule has 1 aromatic heterocycles. The Morgan fingerprint density at radius 2 is 2.00 bits per heavy atom. The Morgan fingerprint density at radius 1 is 1.26 bits per heavy atom. The molecule has 31 heavy (non-hydrogen) atoms. The van der Waals surface area contributed by atoms with Gasteiger partial charge >= 0.3 is 5.69 Å². The maximum atomic E-state index is 12.8. The lowest BCUT2D eigenvalue weighted by molar-refractivity contribution is -0.113. The minimum absolute atomic E-state index is 0.137. The number of anilines is 1. The summed E-state index contributed by atoms with van der Waals surface area (Å²) in [4.78, 5) is 31.9. The van der Waals surface area contributed by atoms with Crippen LogP contribution in [0.5, 0.6) is 0 Å². The minimum atomic E-state index is -0.207. The van der Waals surface area contributed by atoms with Gasteiger partial charge in [-0.2, -0.15) is 4.98 Å². The van der Waals surface area contributed by atoms with Gasteiger partial charge in [0.25, 0.3) is 0 Å². The van der Waals surface area contributed by atoms with E-state index in [9.17, 15) is 9.59 Å². The van der Waals surface area contributed by atoms with E-state index in [-0.39, 0.29) is 17.3 Å². The first-order valence-corrected chi connectivity index (χ1v) is 12.3. The number of thioether (sulfide) groups is 1. The molecule has 0 aliphatic heterocycles. The van der Waals surface area contributed by atoms with Crippen LogP contribution in [0, 0.1) is 6.92 Å². The molecule has 2 aromatic rings. The number of likely N-dealkylation sites (N-methyl/N-ethyl adjacent to an activating group) is 1. The molecule has 0 atom stereocenters. The fourth-order valence-corrected chi connectivity index (χ4v) is 4.94. The van der Waals surface area contributed by atoms with Crippen LogP contribution in [-0.4, -0.2) is 45.7 Å². The second-order valence-corrected chi connectivity index (χ2v) is 9.18. The quantitative estimate of drug-likeness (QED) is 0.447. The normalized spacial score (nSPS) is 13.3. The predicted octanol–water partition coefficient (Wildman–Crippen LogP) is 4.16. The molecular weight excluding hydrogens is 432 g/mol. The largest absolute Gasteiger partial charge is 0.348 e. The van der Waals surface area contributed by atoms with Gasteiger partial charge in [0.05, 0.1) is 5.75 Å². The number of rotatable bonds is 9. The maximum Gasteiger partial charge on any atom is 0.348 e. The Labute approximate surface area is 193 Å². The zero-order valence-corrected chi connectivity index (χ0v) is 20.1. The molecule has 0 spiro atoms. The number of aromatic nitrogens is 2. The van der Waals surface area contributed by atoms with Gasteiger partial charge in [0.15, 0.2) is 0 Å². The number of aryl methyl sites for hydroxylation is 1. The summed E-state index contributed by atoms with van der Waals surface area (Å²) in [5, 5.41) is 4.20. The standard InChI is InChI=1S/C23H31ClN4O2S/c1-4-27(5-2)12-13-28-20-9-7-6-8-18(20)22(26-23(28)30)31-15-21(29)25-17-11-10-16(3)19(24)14-17/h10-11,14H,4-9,12-13,15H2,1-3H3,(H,25,29). The van der Waals surface area contributed by atoms with Crippen LogP contribution in [0.4, 0.5) is 5.69 Å². The highest BCUT2D eigenvalue weighted by Gasteiger charge is 2.21. The minimum Gasteiger partial charge on any atom is -0.325 e. The molecule has 0 unspecified atom stereocenters. The van der Waals surface area contributed by atoms with E-state index in [1.807, 2.05) is 23.6 Å². The first-order chi connectivity index (χ1) is 14.9. The average Bonchev–Trinajstić information content (AvgIpc) is 2.76. The molecule has 1 aliphatic rings. The second-order valence-electron chi connectivity index (χ2n) is 7.81. The van der Waals surface area contributed by atoms with Crippen molar-refractivity contribution in [3.05, 3.63) is 50.5 Å². The number of nitrogens with one attached hydrogen (secondary N) is 1. The van der Waals surface area contributed by atoms with E-state index in [1.165, 1.54) is 11.8 Å². The van der Waals surface area contributed by atoms with Gasteiger partial charge in [0.2, 0.25) is 5.91 Å². The highest BCUT2D eigenvalue weighted by Crippen LogP contribution is 2.28. The maximum absolute atomic E-state index is 12.8. The third-order valence-electron chi connectivity index (χ3n) is 5.78. The number of benzene rings is 1. The van der Waals surface area contributed by atoms with Crippen molar-refractivity contribution < 1.29 is 4.79 Å². The third kappa shape index (κ3) is 6.11. The summed E-state index contributed by atoms with van der Waals surface area (Å²) < 4.78 is 1.85.